The fourth-order valence-corrected chi connectivity index (χ4v) is 2.10. The second-order valence-corrected chi connectivity index (χ2v) is 4.27. The van der Waals surface area contributed by atoms with Crippen molar-refractivity contribution in [1.29, 1.82) is 0 Å². The van der Waals surface area contributed by atoms with E-state index in [-0.39, 0.29) is 24.2 Å². The molecular formula is C13H14O5. The summed E-state index contributed by atoms with van der Waals surface area (Å²) in [7, 11) is 0. The maximum atomic E-state index is 11.0. The van der Waals surface area contributed by atoms with Crippen molar-refractivity contribution in [3.05, 3.63) is 35.4 Å². The Kier molecular flexibility index (Phi) is 3.62. The summed E-state index contributed by atoms with van der Waals surface area (Å²) < 4.78 is 4.92. The molecule has 0 aliphatic carbocycles. The topological polar surface area (TPSA) is 83.8 Å². The molecule has 5 heteroatoms. The monoisotopic (exact) mass is 250 g/mol. The Morgan fingerprint density at radius 2 is 2.06 bits per heavy atom. The fourth-order valence-electron chi connectivity index (χ4n) is 2.10. The molecule has 2 atom stereocenters. The second kappa shape index (κ2) is 5.18. The molecule has 1 aromatic carbocycles. The number of cyclic esters (lactones) is 1. The molecule has 0 spiro atoms. The smallest absolute Gasteiger partial charge is 0.335 e. The molecule has 5 nitrogen and oxygen atoms in total. The van der Waals surface area contributed by atoms with E-state index < -0.39 is 11.9 Å². The molecule has 0 aromatic heterocycles. The maximum absolute atomic E-state index is 11.0. The van der Waals surface area contributed by atoms with E-state index in [0.717, 1.165) is 0 Å². The van der Waals surface area contributed by atoms with Gasteiger partial charge in [0.2, 0.25) is 0 Å². The van der Waals surface area contributed by atoms with Crippen LogP contribution in [0, 0.1) is 5.92 Å². The predicted molar refractivity (Wildman–Crippen MR) is 62.2 cm³/mol. The number of carbonyl (C=O) groups excluding carboxylic acids is 1. The number of carboxylic acids is 1. The molecule has 2 rings (SSSR count). The first-order valence-corrected chi connectivity index (χ1v) is 5.76. The highest BCUT2D eigenvalue weighted by atomic mass is 16.6. The van der Waals surface area contributed by atoms with Crippen molar-refractivity contribution in [2.75, 3.05) is 6.61 Å². The highest BCUT2D eigenvalue weighted by molar-refractivity contribution is 5.89. The molecule has 2 N–H and O–H groups in total. The molecule has 0 radical (unpaired) electrons. The lowest BCUT2D eigenvalue weighted by atomic mass is 9.91. The Bertz CT molecular complexity index is 468. The van der Waals surface area contributed by atoms with Crippen molar-refractivity contribution in [2.24, 2.45) is 5.92 Å². The maximum Gasteiger partial charge on any atom is 0.335 e. The van der Waals surface area contributed by atoms with Crippen LogP contribution in [-0.2, 0) is 16.0 Å². The fraction of sp³-hybridized carbons (Fsp3) is 0.385. The molecule has 1 heterocycles. The molecule has 1 aliphatic heterocycles. The van der Waals surface area contributed by atoms with Gasteiger partial charge in [-0.05, 0) is 24.5 Å². The number of aliphatic hydroxyl groups is 1. The van der Waals surface area contributed by atoms with Gasteiger partial charge in [-0.25, -0.2) is 4.79 Å². The number of hydrogen-bond acceptors (Lipinski definition) is 4. The number of ether oxygens (including phenoxy) is 1. The predicted octanol–water partition coefficient (Wildman–Crippen LogP) is 0.851. The highest BCUT2D eigenvalue weighted by Gasteiger charge is 2.41. The summed E-state index contributed by atoms with van der Waals surface area (Å²) in [4.78, 5) is 22.0. The molecule has 1 aromatic rings. The van der Waals surface area contributed by atoms with E-state index in [1.807, 2.05) is 0 Å². The molecule has 1 saturated heterocycles. The molecular weight excluding hydrogens is 236 g/mol. The minimum atomic E-state index is -0.963. The first-order chi connectivity index (χ1) is 8.63. The third-order valence-corrected chi connectivity index (χ3v) is 3.16. The molecule has 0 unspecified atom stereocenters. The van der Waals surface area contributed by atoms with Crippen molar-refractivity contribution in [1.82, 2.24) is 0 Å². The highest BCUT2D eigenvalue weighted by Crippen LogP contribution is 2.26. The largest absolute Gasteiger partial charge is 0.478 e. The van der Waals surface area contributed by atoms with Crippen LogP contribution in [0.3, 0.4) is 0 Å². The summed E-state index contributed by atoms with van der Waals surface area (Å²) in [6, 6.07) is 6.75. The van der Waals surface area contributed by atoms with Crippen molar-refractivity contribution in [3.8, 4) is 0 Å². The first-order valence-electron chi connectivity index (χ1n) is 5.76. The standard InChI is InChI=1S/C13H14O5/c14-7-10-11(18-13(10)17)6-5-8-3-1-2-4-9(8)12(15)16/h1-4,10-11,14H,5-7H2,(H,15,16)/t10-,11-/m0/s1. The van der Waals surface area contributed by atoms with Gasteiger partial charge >= 0.3 is 11.9 Å². The zero-order valence-electron chi connectivity index (χ0n) is 9.70. The minimum absolute atomic E-state index is 0.218. The Balaban J connectivity index is 1.99. The number of carbonyl (C=O) groups is 2. The number of benzene rings is 1. The number of carboxylic acid groups (broad SMARTS) is 1. The molecule has 96 valence electrons. The number of aryl methyl sites for hydroxylation is 1. The Hall–Kier alpha value is -1.88. The van der Waals surface area contributed by atoms with E-state index in [9.17, 15) is 9.59 Å². The van der Waals surface area contributed by atoms with Crippen LogP contribution in [0.4, 0.5) is 0 Å². The van der Waals surface area contributed by atoms with Crippen molar-refractivity contribution in [2.45, 2.75) is 18.9 Å². The molecule has 0 amide bonds. The van der Waals surface area contributed by atoms with Gasteiger partial charge in [0, 0.05) is 0 Å². The number of hydrogen-bond donors (Lipinski definition) is 2. The third kappa shape index (κ3) is 2.36. The molecule has 0 bridgehead atoms. The summed E-state index contributed by atoms with van der Waals surface area (Å²) in [5.41, 5.74) is 0.980. The van der Waals surface area contributed by atoms with Gasteiger partial charge in [0.1, 0.15) is 12.0 Å². The van der Waals surface area contributed by atoms with Crippen molar-refractivity contribution in [3.63, 3.8) is 0 Å². The minimum Gasteiger partial charge on any atom is -0.478 e. The molecule has 1 aliphatic rings. The van der Waals surface area contributed by atoms with Gasteiger partial charge in [-0.15, -0.1) is 0 Å². The molecule has 0 saturated carbocycles. The van der Waals surface area contributed by atoms with Crippen LogP contribution in [-0.4, -0.2) is 34.9 Å². The van der Waals surface area contributed by atoms with Crippen LogP contribution in [0.1, 0.15) is 22.3 Å². The molecule has 18 heavy (non-hydrogen) atoms. The van der Waals surface area contributed by atoms with Crippen LogP contribution in [0.25, 0.3) is 0 Å². The van der Waals surface area contributed by atoms with Gasteiger partial charge in [0.15, 0.2) is 0 Å². The zero-order valence-corrected chi connectivity index (χ0v) is 9.70. The van der Waals surface area contributed by atoms with Crippen molar-refractivity contribution < 1.29 is 24.5 Å². The van der Waals surface area contributed by atoms with E-state index in [4.69, 9.17) is 14.9 Å². The summed E-state index contributed by atoms with van der Waals surface area (Å²) in [5.74, 6) is -1.80. The van der Waals surface area contributed by atoms with Gasteiger partial charge in [-0.1, -0.05) is 18.2 Å². The van der Waals surface area contributed by atoms with Gasteiger partial charge in [-0.3, -0.25) is 4.79 Å². The summed E-state index contributed by atoms with van der Waals surface area (Å²) in [5, 5.41) is 18.0. The lowest BCUT2D eigenvalue weighted by molar-refractivity contribution is -0.188. The average molecular weight is 250 g/mol. The average Bonchev–Trinajstić information content (AvgIpc) is 2.34. The van der Waals surface area contributed by atoms with E-state index in [1.165, 1.54) is 0 Å². The van der Waals surface area contributed by atoms with Crippen LogP contribution in [0.2, 0.25) is 0 Å². The van der Waals surface area contributed by atoms with Crippen LogP contribution in [0.15, 0.2) is 24.3 Å². The van der Waals surface area contributed by atoms with E-state index >= 15 is 0 Å². The molecule has 1 fully saturated rings. The first kappa shape index (κ1) is 12.6. The van der Waals surface area contributed by atoms with Crippen LogP contribution >= 0.6 is 0 Å². The summed E-state index contributed by atoms with van der Waals surface area (Å²) in [6.45, 7) is -0.218. The van der Waals surface area contributed by atoms with Gasteiger partial charge < -0.3 is 14.9 Å². The lowest BCUT2D eigenvalue weighted by Crippen LogP contribution is -2.47. The number of rotatable bonds is 5. The Morgan fingerprint density at radius 3 is 2.67 bits per heavy atom. The quantitative estimate of drug-likeness (QED) is 0.757. The third-order valence-electron chi connectivity index (χ3n) is 3.16. The van der Waals surface area contributed by atoms with E-state index in [0.29, 0.717) is 18.4 Å². The Labute approximate surface area is 104 Å². The van der Waals surface area contributed by atoms with Crippen LogP contribution in [0.5, 0.6) is 0 Å². The number of aromatic carboxylic acids is 1. The number of esters is 1. The van der Waals surface area contributed by atoms with Gasteiger partial charge in [0.05, 0.1) is 12.2 Å². The van der Waals surface area contributed by atoms with Crippen molar-refractivity contribution >= 4 is 11.9 Å². The van der Waals surface area contributed by atoms with Crippen LogP contribution < -0.4 is 0 Å². The lowest BCUT2D eigenvalue weighted by Gasteiger charge is -2.33. The van der Waals surface area contributed by atoms with E-state index in [2.05, 4.69) is 0 Å². The zero-order chi connectivity index (χ0) is 13.1. The Morgan fingerprint density at radius 1 is 1.33 bits per heavy atom. The summed E-state index contributed by atoms with van der Waals surface area (Å²) >= 11 is 0. The SMILES string of the molecule is O=C(O)c1ccccc1CC[C@@H]1OC(=O)[C@H]1CO. The summed E-state index contributed by atoms with van der Waals surface area (Å²) in [6.07, 6.45) is 0.738. The normalized spacial score (nSPS) is 22.2. The van der Waals surface area contributed by atoms with E-state index in [1.54, 1.807) is 24.3 Å². The van der Waals surface area contributed by atoms with Gasteiger partial charge in [-0.2, -0.15) is 0 Å². The second-order valence-electron chi connectivity index (χ2n) is 4.27. The number of aliphatic hydroxyl groups excluding tert-OH is 1. The van der Waals surface area contributed by atoms with Gasteiger partial charge in [0.25, 0.3) is 0 Å².